The highest BCUT2D eigenvalue weighted by atomic mass is 19.4. The second-order valence-corrected chi connectivity index (χ2v) is 4.61. The van der Waals surface area contributed by atoms with Gasteiger partial charge < -0.3 is 10.6 Å². The summed E-state index contributed by atoms with van der Waals surface area (Å²) in [6.45, 7) is -0.157. The van der Waals surface area contributed by atoms with Crippen LogP contribution in [-0.4, -0.2) is 42.8 Å². The van der Waals surface area contributed by atoms with Gasteiger partial charge in [-0.2, -0.15) is 26.3 Å². The molecule has 1 unspecified atom stereocenters. The summed E-state index contributed by atoms with van der Waals surface area (Å²) in [6, 6.07) is -0.778. The topological polar surface area (TPSA) is 46.3 Å². The summed E-state index contributed by atoms with van der Waals surface area (Å²) in [5.74, 6) is -6.10. The third kappa shape index (κ3) is 3.74. The number of amides is 1. The summed E-state index contributed by atoms with van der Waals surface area (Å²) < 4.78 is 74.5. The van der Waals surface area contributed by atoms with Crippen LogP contribution in [0, 0.1) is 11.8 Å². The van der Waals surface area contributed by atoms with Gasteiger partial charge in [0.25, 0.3) is 0 Å². The van der Waals surface area contributed by atoms with E-state index in [1.165, 1.54) is 0 Å². The van der Waals surface area contributed by atoms with E-state index >= 15 is 0 Å². The lowest BCUT2D eigenvalue weighted by Gasteiger charge is -2.32. The zero-order valence-electron chi connectivity index (χ0n) is 10.1. The van der Waals surface area contributed by atoms with Crippen molar-refractivity contribution < 1.29 is 31.1 Å². The first kappa shape index (κ1) is 16.1. The lowest BCUT2D eigenvalue weighted by molar-refractivity contribution is -0.277. The Bertz CT molecular complexity index is 322. The number of carbonyl (C=O) groups is 1. The predicted molar refractivity (Wildman–Crippen MR) is 53.9 cm³/mol. The molecule has 2 N–H and O–H groups in total. The number of rotatable bonds is 4. The molecule has 1 saturated carbocycles. The van der Waals surface area contributed by atoms with Crippen molar-refractivity contribution in [2.45, 2.75) is 31.2 Å². The molecule has 0 aromatic rings. The van der Waals surface area contributed by atoms with E-state index in [1.807, 2.05) is 0 Å². The molecular formula is C10H14F6N2O. The van der Waals surface area contributed by atoms with Crippen molar-refractivity contribution in [3.05, 3.63) is 0 Å². The van der Waals surface area contributed by atoms with Gasteiger partial charge in [0.2, 0.25) is 11.8 Å². The molecule has 3 nitrogen and oxygen atoms in total. The van der Waals surface area contributed by atoms with E-state index in [2.05, 4.69) is 0 Å². The van der Waals surface area contributed by atoms with Crippen molar-refractivity contribution in [2.75, 3.05) is 13.6 Å². The molecule has 0 saturated heterocycles. The first-order valence-electron chi connectivity index (χ1n) is 5.60. The lowest BCUT2D eigenvalue weighted by Crippen LogP contribution is -2.53. The fourth-order valence-electron chi connectivity index (χ4n) is 1.98. The Labute approximate surface area is 105 Å². The molecule has 9 heteroatoms. The normalized spacial score (nSPS) is 18.6. The number of halogens is 6. The van der Waals surface area contributed by atoms with E-state index in [0.717, 1.165) is 7.05 Å². The smallest absolute Gasteiger partial charge is 0.340 e. The van der Waals surface area contributed by atoms with E-state index in [4.69, 9.17) is 5.73 Å². The molecule has 0 heterocycles. The maximum absolute atomic E-state index is 12.4. The monoisotopic (exact) mass is 292 g/mol. The molecule has 0 aromatic carbocycles. The number of alkyl halides is 6. The molecule has 112 valence electrons. The molecule has 1 aliphatic rings. The fourth-order valence-corrected chi connectivity index (χ4v) is 1.98. The molecule has 19 heavy (non-hydrogen) atoms. The van der Waals surface area contributed by atoms with Crippen LogP contribution in [0.25, 0.3) is 0 Å². The molecule has 0 spiro atoms. The van der Waals surface area contributed by atoms with Gasteiger partial charge in [0.15, 0.2) is 0 Å². The van der Waals surface area contributed by atoms with Gasteiger partial charge in [-0.25, -0.2) is 0 Å². The number of nitrogens with zero attached hydrogens (tertiary/aromatic N) is 1. The van der Waals surface area contributed by atoms with Crippen molar-refractivity contribution in [2.24, 2.45) is 17.6 Å². The van der Waals surface area contributed by atoms with Crippen LogP contribution >= 0.6 is 0 Å². The van der Waals surface area contributed by atoms with Crippen LogP contribution in [0.4, 0.5) is 26.3 Å². The number of hydrogen-bond acceptors (Lipinski definition) is 2. The van der Waals surface area contributed by atoms with Gasteiger partial charge >= 0.3 is 12.4 Å². The van der Waals surface area contributed by atoms with Gasteiger partial charge in [0, 0.05) is 19.6 Å². The van der Waals surface area contributed by atoms with Crippen LogP contribution in [0.15, 0.2) is 0 Å². The maximum atomic E-state index is 12.4. The minimum absolute atomic E-state index is 0.110. The van der Waals surface area contributed by atoms with Gasteiger partial charge in [0.05, 0.1) is 0 Å². The Balaban J connectivity index is 2.93. The largest absolute Gasteiger partial charge is 0.409 e. The van der Waals surface area contributed by atoms with Crippen molar-refractivity contribution >= 4 is 5.91 Å². The summed E-state index contributed by atoms with van der Waals surface area (Å²) in [6.07, 6.45) is -10.0. The van der Waals surface area contributed by atoms with Crippen LogP contribution in [0.2, 0.25) is 0 Å². The Morgan fingerprint density at radius 3 is 1.89 bits per heavy atom. The number of likely N-dealkylation sites (N-methyl/N-ethyl adjacent to an activating group) is 1. The molecule has 0 aromatic heterocycles. The zero-order chi connectivity index (χ0) is 15.0. The Kier molecular flexibility index (Phi) is 4.38. The summed E-state index contributed by atoms with van der Waals surface area (Å²) in [4.78, 5) is 12.0. The molecule has 1 atom stereocenters. The SMILES string of the molecule is CN(C(=O)C(C(F)(F)F)C(F)(F)F)C(CN)C1CC1. The molecule has 0 radical (unpaired) electrons. The van der Waals surface area contributed by atoms with Crippen LogP contribution in [-0.2, 0) is 4.79 Å². The fraction of sp³-hybridized carbons (Fsp3) is 0.900. The minimum atomic E-state index is -5.66. The van der Waals surface area contributed by atoms with Crippen LogP contribution < -0.4 is 5.73 Å². The number of carbonyl (C=O) groups excluding carboxylic acids is 1. The Morgan fingerprint density at radius 1 is 1.21 bits per heavy atom. The predicted octanol–water partition coefficient (Wildman–Crippen LogP) is 1.92. The highest BCUT2D eigenvalue weighted by Gasteiger charge is 2.62. The highest BCUT2D eigenvalue weighted by molar-refractivity contribution is 5.80. The maximum Gasteiger partial charge on any atom is 0.409 e. The quantitative estimate of drug-likeness (QED) is 0.805. The standard InChI is InChI=1S/C10H14F6N2O/c1-18(6(4-17)5-2-3-5)8(19)7(9(11,12)13)10(14,15)16/h5-7H,2-4,17H2,1H3. The van der Waals surface area contributed by atoms with Gasteiger partial charge in [-0.3, -0.25) is 4.79 Å². The molecule has 0 bridgehead atoms. The third-order valence-corrected chi connectivity index (χ3v) is 3.15. The average molecular weight is 292 g/mol. The first-order valence-corrected chi connectivity index (χ1v) is 5.60. The molecule has 1 fully saturated rings. The van der Waals surface area contributed by atoms with E-state index in [9.17, 15) is 31.1 Å². The van der Waals surface area contributed by atoms with Crippen molar-refractivity contribution in [1.29, 1.82) is 0 Å². The second-order valence-electron chi connectivity index (χ2n) is 4.61. The van der Waals surface area contributed by atoms with Crippen LogP contribution in [0.5, 0.6) is 0 Å². The van der Waals surface area contributed by atoms with Crippen molar-refractivity contribution in [3.8, 4) is 0 Å². The summed E-state index contributed by atoms with van der Waals surface area (Å²) in [5.41, 5.74) is 5.31. The van der Waals surface area contributed by atoms with Gasteiger partial charge in [-0.05, 0) is 18.8 Å². The third-order valence-electron chi connectivity index (χ3n) is 3.15. The zero-order valence-corrected chi connectivity index (χ0v) is 10.1. The van der Waals surface area contributed by atoms with Gasteiger partial charge in [0.1, 0.15) is 0 Å². The van der Waals surface area contributed by atoms with Gasteiger partial charge in [-0.1, -0.05) is 0 Å². The van der Waals surface area contributed by atoms with E-state index in [-0.39, 0.29) is 12.5 Å². The number of hydrogen-bond donors (Lipinski definition) is 1. The summed E-state index contributed by atoms with van der Waals surface area (Å²) in [7, 11) is 0.933. The van der Waals surface area contributed by atoms with Crippen molar-refractivity contribution in [1.82, 2.24) is 4.90 Å². The van der Waals surface area contributed by atoms with E-state index < -0.39 is 30.2 Å². The Morgan fingerprint density at radius 2 is 1.63 bits per heavy atom. The average Bonchev–Trinajstić information content (AvgIpc) is 2.98. The van der Waals surface area contributed by atoms with Crippen LogP contribution in [0.3, 0.4) is 0 Å². The molecule has 1 amide bonds. The van der Waals surface area contributed by atoms with Gasteiger partial charge in [-0.15, -0.1) is 0 Å². The van der Waals surface area contributed by atoms with Crippen molar-refractivity contribution in [3.63, 3.8) is 0 Å². The molecular weight excluding hydrogens is 278 g/mol. The van der Waals surface area contributed by atoms with E-state index in [0.29, 0.717) is 17.7 Å². The molecule has 0 aliphatic heterocycles. The molecule has 1 aliphatic carbocycles. The van der Waals surface area contributed by atoms with E-state index in [1.54, 1.807) is 0 Å². The highest BCUT2D eigenvalue weighted by Crippen LogP contribution is 2.42. The summed E-state index contributed by atoms with van der Waals surface area (Å²) >= 11 is 0. The van der Waals surface area contributed by atoms with Crippen LogP contribution in [0.1, 0.15) is 12.8 Å². The summed E-state index contributed by atoms with van der Waals surface area (Å²) in [5, 5.41) is 0. The first-order chi connectivity index (χ1) is 8.50. The lowest BCUT2D eigenvalue weighted by atomic mass is 10.0. The molecule has 1 rings (SSSR count). The Hall–Kier alpha value is -0.990. The second kappa shape index (κ2) is 5.18. The number of nitrogens with two attached hydrogens (primary N) is 1. The minimum Gasteiger partial charge on any atom is -0.340 e.